The predicted molar refractivity (Wildman–Crippen MR) is 76.2 cm³/mol. The summed E-state index contributed by atoms with van der Waals surface area (Å²) in [5.41, 5.74) is 1.04. The van der Waals surface area contributed by atoms with Crippen LogP contribution < -0.4 is 5.32 Å². The number of carboxylic acids is 1. The first kappa shape index (κ1) is 13.4. The minimum atomic E-state index is -0.944. The summed E-state index contributed by atoms with van der Waals surface area (Å²) in [6.07, 6.45) is 5.22. The van der Waals surface area contributed by atoms with Crippen LogP contribution in [0.1, 0.15) is 34.8 Å². The zero-order chi connectivity index (χ0) is 14.8. The molecule has 0 bridgehead atoms. The van der Waals surface area contributed by atoms with E-state index < -0.39 is 5.97 Å². The molecular formula is C15H15N3O3. The van der Waals surface area contributed by atoms with Crippen LogP contribution in [0, 0.1) is 0 Å². The number of carbonyl (C=O) groups excluding carboxylic acids is 1. The molecule has 21 heavy (non-hydrogen) atoms. The van der Waals surface area contributed by atoms with Gasteiger partial charge in [-0.05, 0) is 31.0 Å². The van der Waals surface area contributed by atoms with Crippen molar-refractivity contribution in [1.29, 1.82) is 0 Å². The molecule has 2 aromatic heterocycles. The van der Waals surface area contributed by atoms with Crippen LogP contribution in [0.4, 0.5) is 5.82 Å². The lowest BCUT2D eigenvalue weighted by molar-refractivity contribution is -0.116. The van der Waals surface area contributed by atoms with Crippen molar-refractivity contribution in [2.45, 2.75) is 25.3 Å². The van der Waals surface area contributed by atoms with Gasteiger partial charge >= 0.3 is 5.97 Å². The van der Waals surface area contributed by atoms with E-state index in [9.17, 15) is 14.7 Å². The van der Waals surface area contributed by atoms with E-state index in [1.54, 1.807) is 41.2 Å². The molecule has 2 N–H and O–H groups in total. The fourth-order valence-electron chi connectivity index (χ4n) is 2.39. The van der Waals surface area contributed by atoms with E-state index in [1.165, 1.54) is 0 Å². The lowest BCUT2D eigenvalue weighted by atomic mass is 10.2. The Labute approximate surface area is 121 Å². The van der Waals surface area contributed by atoms with Crippen molar-refractivity contribution in [3.8, 4) is 0 Å². The molecule has 6 heteroatoms. The molecule has 1 aliphatic carbocycles. The number of amides is 1. The highest BCUT2D eigenvalue weighted by Crippen LogP contribution is 2.42. The van der Waals surface area contributed by atoms with Crippen molar-refractivity contribution in [1.82, 2.24) is 9.55 Å². The molecule has 1 saturated carbocycles. The first-order chi connectivity index (χ1) is 10.1. The molecule has 1 fully saturated rings. The Kier molecular flexibility index (Phi) is 3.43. The van der Waals surface area contributed by atoms with Crippen LogP contribution in [0.2, 0.25) is 0 Å². The van der Waals surface area contributed by atoms with Gasteiger partial charge in [0.1, 0.15) is 12.4 Å². The van der Waals surface area contributed by atoms with Crippen LogP contribution in [0.5, 0.6) is 0 Å². The highest BCUT2D eigenvalue weighted by atomic mass is 16.4. The maximum Gasteiger partial charge on any atom is 0.337 e. The largest absolute Gasteiger partial charge is 0.478 e. The molecule has 108 valence electrons. The second-order valence-corrected chi connectivity index (χ2v) is 5.09. The Morgan fingerprint density at radius 2 is 2.14 bits per heavy atom. The molecule has 0 atom stereocenters. The van der Waals surface area contributed by atoms with Crippen LogP contribution >= 0.6 is 0 Å². The van der Waals surface area contributed by atoms with Crippen LogP contribution in [-0.2, 0) is 11.3 Å². The molecule has 0 unspecified atom stereocenters. The molecule has 0 aliphatic heterocycles. The fourth-order valence-corrected chi connectivity index (χ4v) is 2.39. The van der Waals surface area contributed by atoms with Crippen molar-refractivity contribution in [2.75, 3.05) is 5.32 Å². The fraction of sp³-hybridized carbons (Fsp3) is 0.267. The van der Waals surface area contributed by atoms with Gasteiger partial charge in [-0.2, -0.15) is 0 Å². The molecule has 3 rings (SSSR count). The van der Waals surface area contributed by atoms with Crippen molar-refractivity contribution >= 4 is 17.7 Å². The summed E-state index contributed by atoms with van der Waals surface area (Å²) < 4.78 is 1.72. The number of aromatic nitrogens is 2. The number of pyridine rings is 1. The van der Waals surface area contributed by atoms with Crippen LogP contribution in [0.3, 0.4) is 0 Å². The molecule has 2 heterocycles. The van der Waals surface area contributed by atoms with Gasteiger partial charge in [-0.15, -0.1) is 0 Å². The third kappa shape index (κ3) is 2.94. The van der Waals surface area contributed by atoms with Gasteiger partial charge in [0.15, 0.2) is 0 Å². The number of carboxylic acid groups (broad SMARTS) is 1. The first-order valence-electron chi connectivity index (χ1n) is 6.78. The van der Waals surface area contributed by atoms with Crippen molar-refractivity contribution in [3.05, 3.63) is 47.9 Å². The summed E-state index contributed by atoms with van der Waals surface area (Å²) in [4.78, 5) is 27.3. The summed E-state index contributed by atoms with van der Waals surface area (Å²) in [6.45, 7) is 0.0929. The van der Waals surface area contributed by atoms with Crippen molar-refractivity contribution < 1.29 is 14.7 Å². The summed E-state index contributed by atoms with van der Waals surface area (Å²) in [6, 6.07) is 6.82. The molecule has 6 nitrogen and oxygen atoms in total. The number of anilines is 1. The standard InChI is InChI=1S/C15H15N3O3/c19-13(17-12-3-1-2-7-16-12)9-18-8-6-11(15(20)21)14(18)10-4-5-10/h1-3,6-8,10H,4-5,9H2,(H,20,21)(H,16,17,19). The van der Waals surface area contributed by atoms with E-state index in [0.717, 1.165) is 18.5 Å². The highest BCUT2D eigenvalue weighted by Gasteiger charge is 2.31. The van der Waals surface area contributed by atoms with Gasteiger partial charge in [0.05, 0.1) is 5.56 Å². The second-order valence-electron chi connectivity index (χ2n) is 5.09. The van der Waals surface area contributed by atoms with E-state index in [2.05, 4.69) is 10.3 Å². The van der Waals surface area contributed by atoms with E-state index in [-0.39, 0.29) is 18.4 Å². The predicted octanol–water partition coefficient (Wildman–Crippen LogP) is 2.10. The van der Waals surface area contributed by atoms with Gasteiger partial charge in [0.25, 0.3) is 0 Å². The number of aromatic carboxylic acids is 1. The van der Waals surface area contributed by atoms with E-state index in [0.29, 0.717) is 11.4 Å². The Hall–Kier alpha value is -2.63. The van der Waals surface area contributed by atoms with Gasteiger partial charge in [0.2, 0.25) is 5.91 Å². The molecule has 0 aromatic carbocycles. The third-order valence-electron chi connectivity index (χ3n) is 3.45. The number of nitrogens with one attached hydrogen (secondary N) is 1. The third-order valence-corrected chi connectivity index (χ3v) is 3.45. The van der Waals surface area contributed by atoms with Crippen LogP contribution in [-0.4, -0.2) is 26.5 Å². The minimum Gasteiger partial charge on any atom is -0.478 e. The van der Waals surface area contributed by atoms with Gasteiger partial charge in [-0.25, -0.2) is 9.78 Å². The monoisotopic (exact) mass is 285 g/mol. The maximum absolute atomic E-state index is 12.0. The zero-order valence-corrected chi connectivity index (χ0v) is 11.3. The number of hydrogen-bond donors (Lipinski definition) is 2. The van der Waals surface area contributed by atoms with Gasteiger partial charge in [-0.3, -0.25) is 4.79 Å². The molecule has 0 saturated heterocycles. The van der Waals surface area contributed by atoms with Gasteiger partial charge < -0.3 is 15.0 Å². The molecule has 1 amide bonds. The maximum atomic E-state index is 12.0. The van der Waals surface area contributed by atoms with E-state index >= 15 is 0 Å². The summed E-state index contributed by atoms with van der Waals surface area (Å²) >= 11 is 0. The van der Waals surface area contributed by atoms with Crippen molar-refractivity contribution in [3.63, 3.8) is 0 Å². The Balaban J connectivity index is 1.76. The molecular weight excluding hydrogens is 270 g/mol. The SMILES string of the molecule is O=C(Cn1ccc(C(=O)O)c1C1CC1)Nc1ccccn1. The quantitative estimate of drug-likeness (QED) is 0.881. The van der Waals surface area contributed by atoms with E-state index in [1.807, 2.05) is 0 Å². The Morgan fingerprint density at radius 3 is 2.76 bits per heavy atom. The van der Waals surface area contributed by atoms with Gasteiger partial charge in [-0.1, -0.05) is 6.07 Å². The second kappa shape index (κ2) is 5.40. The number of rotatable bonds is 5. The minimum absolute atomic E-state index is 0.0929. The van der Waals surface area contributed by atoms with E-state index in [4.69, 9.17) is 0 Å². The summed E-state index contributed by atoms with van der Waals surface area (Å²) in [5.74, 6) is -0.418. The topological polar surface area (TPSA) is 84.2 Å². The number of nitrogens with zero attached hydrogens (tertiary/aromatic N) is 2. The normalized spacial score (nSPS) is 13.9. The molecule has 2 aromatic rings. The Bertz CT molecular complexity index is 675. The molecule has 0 radical (unpaired) electrons. The molecule has 0 spiro atoms. The first-order valence-corrected chi connectivity index (χ1v) is 6.78. The summed E-state index contributed by atoms with van der Waals surface area (Å²) in [5, 5.41) is 11.9. The smallest absolute Gasteiger partial charge is 0.337 e. The lowest BCUT2D eigenvalue weighted by Gasteiger charge is -2.10. The average molecular weight is 285 g/mol. The van der Waals surface area contributed by atoms with Crippen LogP contribution in [0.25, 0.3) is 0 Å². The summed E-state index contributed by atoms with van der Waals surface area (Å²) in [7, 11) is 0. The molecule has 1 aliphatic rings. The highest BCUT2D eigenvalue weighted by molar-refractivity contribution is 5.91. The average Bonchev–Trinajstić information content (AvgIpc) is 3.21. The number of hydrogen-bond acceptors (Lipinski definition) is 3. The Morgan fingerprint density at radius 1 is 1.33 bits per heavy atom. The van der Waals surface area contributed by atoms with Crippen molar-refractivity contribution in [2.24, 2.45) is 0 Å². The number of carbonyl (C=O) groups is 2. The zero-order valence-electron chi connectivity index (χ0n) is 11.3. The van der Waals surface area contributed by atoms with Crippen LogP contribution in [0.15, 0.2) is 36.7 Å². The lowest BCUT2D eigenvalue weighted by Crippen LogP contribution is -2.20. The van der Waals surface area contributed by atoms with Gasteiger partial charge in [0, 0.05) is 24.0 Å².